The van der Waals surface area contributed by atoms with Crippen molar-refractivity contribution in [1.29, 1.82) is 0 Å². The molecule has 4 rings (SSSR count). The summed E-state index contributed by atoms with van der Waals surface area (Å²) in [5.41, 5.74) is -1.29. The van der Waals surface area contributed by atoms with Crippen LogP contribution in [0.3, 0.4) is 0 Å². The molecular weight excluding hydrogens is 512 g/mol. The van der Waals surface area contributed by atoms with Gasteiger partial charge >= 0.3 is 18.5 Å². The highest BCUT2D eigenvalue weighted by Crippen LogP contribution is 2.42. The molecule has 36 heavy (non-hydrogen) atoms. The third kappa shape index (κ3) is 5.28. The quantitative estimate of drug-likeness (QED) is 0.237. The van der Waals surface area contributed by atoms with Crippen LogP contribution < -0.4 is 9.47 Å². The predicted molar refractivity (Wildman–Crippen MR) is 102 cm³/mol. The van der Waals surface area contributed by atoms with Crippen LogP contribution in [0.2, 0.25) is 0 Å². The lowest BCUT2D eigenvalue weighted by molar-refractivity contribution is -0.769. The number of fused-ring (bicyclic) bond motifs is 2. The van der Waals surface area contributed by atoms with Gasteiger partial charge in [-0.1, -0.05) is 6.92 Å². The Balaban J connectivity index is 1.61. The molecular formula is C20H17F6NO9. The van der Waals surface area contributed by atoms with E-state index in [4.69, 9.17) is 18.9 Å². The van der Waals surface area contributed by atoms with Gasteiger partial charge in [0.2, 0.25) is 6.10 Å². The van der Waals surface area contributed by atoms with Gasteiger partial charge < -0.3 is 28.5 Å². The molecule has 1 aromatic rings. The van der Waals surface area contributed by atoms with Crippen molar-refractivity contribution in [3.05, 3.63) is 38.9 Å². The molecule has 3 heterocycles. The molecule has 0 radical (unpaired) electrons. The minimum absolute atomic E-state index is 0.00277. The highest BCUT2D eigenvalue weighted by atomic mass is 19.4. The second-order valence-electron chi connectivity index (χ2n) is 7.95. The minimum atomic E-state index is -5.09. The van der Waals surface area contributed by atoms with Crippen molar-refractivity contribution in [2.24, 2.45) is 0 Å². The van der Waals surface area contributed by atoms with Crippen LogP contribution in [-0.4, -0.2) is 67.3 Å². The minimum Gasteiger partial charge on any atom is -0.475 e. The summed E-state index contributed by atoms with van der Waals surface area (Å²) < 4.78 is 104. The van der Waals surface area contributed by atoms with E-state index in [1.54, 1.807) is 0 Å². The molecule has 10 nitrogen and oxygen atoms in total. The molecule has 0 bridgehead atoms. The molecule has 2 saturated heterocycles. The summed E-state index contributed by atoms with van der Waals surface area (Å²) in [7, 11) is 0. The fourth-order valence-electron chi connectivity index (χ4n) is 4.16. The first-order valence-corrected chi connectivity index (χ1v) is 10.4. The number of aryl methyl sites for hydroxylation is 1. The van der Waals surface area contributed by atoms with E-state index in [-0.39, 0.29) is 36.5 Å². The van der Waals surface area contributed by atoms with Crippen molar-refractivity contribution in [2.75, 3.05) is 13.2 Å². The fourth-order valence-corrected chi connectivity index (χ4v) is 4.16. The summed E-state index contributed by atoms with van der Waals surface area (Å²) >= 11 is 0. The standard InChI is InChI=1S/C20H17F6NO9/c1-2-8-3-10(35-20(24,25)26)4-9-5-11(17(19(21,22)23)34-14(8)9)18(28)33-12-6-31-16-13(36-27(29)30)7-32-15(12)16/h3-5,12-13,15-17H,2,6-7H2,1H3/t12-,13+,15+,16?,17-/m0/s1. The first kappa shape index (κ1) is 25.8. The average molecular weight is 529 g/mol. The number of alkyl halides is 6. The molecule has 1 unspecified atom stereocenters. The maximum absolute atomic E-state index is 13.8. The smallest absolute Gasteiger partial charge is 0.475 e. The zero-order valence-corrected chi connectivity index (χ0v) is 18.1. The Hall–Kier alpha value is -3.27. The van der Waals surface area contributed by atoms with Crippen LogP contribution in [0.4, 0.5) is 26.3 Å². The molecule has 0 spiro atoms. The number of esters is 1. The number of hydrogen-bond acceptors (Lipinski definition) is 9. The number of rotatable bonds is 6. The SMILES string of the molecule is CCc1cc(OC(F)(F)F)cc2c1O[C@H](C(F)(F)F)C(C(=O)O[C@H]1COC3[C@H](O[N+](=O)[O-])CO[C@@H]31)=C2. The topological polar surface area (TPSA) is 116 Å². The lowest BCUT2D eigenvalue weighted by atomic mass is 9.97. The summed E-state index contributed by atoms with van der Waals surface area (Å²) in [6, 6.07) is 1.68. The number of carbonyl (C=O) groups excluding carboxylic acids is 1. The maximum Gasteiger partial charge on any atom is 0.573 e. The first-order valence-electron chi connectivity index (χ1n) is 10.4. The summed E-state index contributed by atoms with van der Waals surface area (Å²) in [4.78, 5) is 27.8. The van der Waals surface area contributed by atoms with Crippen LogP contribution >= 0.6 is 0 Å². The van der Waals surface area contributed by atoms with Gasteiger partial charge in [0.05, 0.1) is 18.8 Å². The molecule has 5 atom stereocenters. The molecule has 0 amide bonds. The van der Waals surface area contributed by atoms with Crippen LogP contribution in [0.15, 0.2) is 17.7 Å². The van der Waals surface area contributed by atoms with E-state index in [9.17, 15) is 41.3 Å². The van der Waals surface area contributed by atoms with E-state index >= 15 is 0 Å². The van der Waals surface area contributed by atoms with E-state index in [1.165, 1.54) is 6.92 Å². The molecule has 0 N–H and O–H groups in total. The number of halogens is 6. The van der Waals surface area contributed by atoms with Gasteiger partial charge in [-0.05, 0) is 30.2 Å². The molecule has 0 aliphatic carbocycles. The lowest BCUT2D eigenvalue weighted by Crippen LogP contribution is -2.43. The van der Waals surface area contributed by atoms with Gasteiger partial charge in [-0.2, -0.15) is 13.2 Å². The van der Waals surface area contributed by atoms with Gasteiger partial charge in [-0.15, -0.1) is 23.3 Å². The van der Waals surface area contributed by atoms with Crippen molar-refractivity contribution in [1.82, 2.24) is 0 Å². The van der Waals surface area contributed by atoms with E-state index in [1.807, 2.05) is 0 Å². The van der Waals surface area contributed by atoms with E-state index in [2.05, 4.69) is 9.57 Å². The van der Waals surface area contributed by atoms with Crippen molar-refractivity contribution < 1.29 is 64.7 Å². The van der Waals surface area contributed by atoms with Crippen molar-refractivity contribution in [2.45, 2.75) is 56.4 Å². The van der Waals surface area contributed by atoms with Gasteiger partial charge in [-0.3, -0.25) is 0 Å². The molecule has 198 valence electrons. The van der Waals surface area contributed by atoms with Crippen LogP contribution in [0, 0.1) is 10.1 Å². The van der Waals surface area contributed by atoms with Gasteiger partial charge in [0.25, 0.3) is 5.09 Å². The third-order valence-electron chi connectivity index (χ3n) is 5.59. The van der Waals surface area contributed by atoms with Gasteiger partial charge in [0.1, 0.15) is 23.7 Å². The zero-order chi connectivity index (χ0) is 26.4. The predicted octanol–water partition coefficient (Wildman–Crippen LogP) is 3.14. The van der Waals surface area contributed by atoms with Gasteiger partial charge in [0.15, 0.2) is 12.2 Å². The number of hydrogen-bond donors (Lipinski definition) is 0. The summed E-state index contributed by atoms with van der Waals surface area (Å²) in [6.45, 7) is 0.862. The Labute approximate surface area is 197 Å². The van der Waals surface area contributed by atoms with Crippen molar-refractivity contribution in [3.8, 4) is 11.5 Å². The molecule has 3 aliphatic rings. The Morgan fingerprint density at radius 1 is 1.11 bits per heavy atom. The normalized spacial score (nSPS) is 27.4. The van der Waals surface area contributed by atoms with Crippen LogP contribution in [0.1, 0.15) is 18.1 Å². The zero-order valence-electron chi connectivity index (χ0n) is 18.1. The van der Waals surface area contributed by atoms with Crippen molar-refractivity contribution >= 4 is 12.0 Å². The molecule has 16 heteroatoms. The van der Waals surface area contributed by atoms with Crippen molar-refractivity contribution in [3.63, 3.8) is 0 Å². The lowest BCUT2D eigenvalue weighted by Gasteiger charge is -2.30. The second kappa shape index (κ2) is 9.31. The number of ether oxygens (including phenoxy) is 5. The Morgan fingerprint density at radius 3 is 2.33 bits per heavy atom. The van der Waals surface area contributed by atoms with E-state index in [0.717, 1.165) is 18.2 Å². The number of benzene rings is 1. The monoisotopic (exact) mass is 529 g/mol. The summed E-state index contributed by atoms with van der Waals surface area (Å²) in [6.07, 6.45) is -16.6. The third-order valence-corrected chi connectivity index (χ3v) is 5.59. The number of carbonyl (C=O) groups is 1. The summed E-state index contributed by atoms with van der Waals surface area (Å²) in [5.74, 6) is -2.55. The molecule has 0 aromatic heterocycles. The number of nitrogens with zero attached hydrogens (tertiary/aromatic N) is 1. The molecule has 0 saturated carbocycles. The Morgan fingerprint density at radius 2 is 1.75 bits per heavy atom. The molecule has 2 fully saturated rings. The van der Waals surface area contributed by atoms with Crippen LogP contribution in [0.5, 0.6) is 11.5 Å². The Bertz CT molecular complexity index is 1070. The summed E-state index contributed by atoms with van der Waals surface area (Å²) in [5, 5.41) is 9.51. The van der Waals surface area contributed by atoms with E-state index in [0.29, 0.717) is 0 Å². The van der Waals surface area contributed by atoms with E-state index < -0.39 is 65.4 Å². The fraction of sp³-hybridized carbons (Fsp3) is 0.550. The van der Waals surface area contributed by atoms with Gasteiger partial charge in [-0.25, -0.2) is 4.79 Å². The average Bonchev–Trinajstić information content (AvgIpc) is 3.33. The van der Waals surface area contributed by atoms with Gasteiger partial charge in [0, 0.05) is 5.56 Å². The molecule has 1 aromatic carbocycles. The molecule has 3 aliphatic heterocycles. The first-order chi connectivity index (χ1) is 16.8. The van der Waals surface area contributed by atoms with Crippen LogP contribution in [0.25, 0.3) is 6.08 Å². The highest BCUT2D eigenvalue weighted by molar-refractivity contribution is 5.96. The second-order valence-corrected chi connectivity index (χ2v) is 7.95. The largest absolute Gasteiger partial charge is 0.573 e. The Kier molecular flexibility index (Phi) is 6.68. The highest BCUT2D eigenvalue weighted by Gasteiger charge is 2.53. The maximum atomic E-state index is 13.8. The van der Waals surface area contributed by atoms with Crippen LogP contribution in [-0.2, 0) is 30.3 Å².